The van der Waals surface area contributed by atoms with E-state index in [1.807, 2.05) is 16.7 Å². The first-order chi connectivity index (χ1) is 10.2. The van der Waals surface area contributed by atoms with Gasteiger partial charge in [-0.3, -0.25) is 9.59 Å². The molecule has 4 aliphatic rings. The molecular formula is C17H26N2O2. The molecule has 4 heteroatoms. The van der Waals surface area contributed by atoms with Crippen LogP contribution in [-0.2, 0) is 9.59 Å². The van der Waals surface area contributed by atoms with E-state index in [1.165, 1.54) is 25.7 Å². The molecule has 4 nitrogen and oxygen atoms in total. The molecule has 2 saturated heterocycles. The largest absolute Gasteiger partial charge is 0.329 e. The van der Waals surface area contributed by atoms with Gasteiger partial charge in [-0.1, -0.05) is 13.3 Å². The van der Waals surface area contributed by atoms with Crippen LogP contribution in [0.5, 0.6) is 0 Å². The Bertz CT molecular complexity index is 464. The molecule has 5 atom stereocenters. The number of carbonyl (C=O) groups excluding carboxylic acids is 2. The molecule has 2 bridgehead atoms. The Balaban J connectivity index is 1.54. The number of piperazine rings is 1. The Labute approximate surface area is 126 Å². The number of hydrogen-bond acceptors (Lipinski definition) is 2. The molecule has 0 N–H and O–H groups in total. The number of nitrogens with zero attached hydrogens (tertiary/aromatic N) is 2. The Morgan fingerprint density at radius 3 is 2.62 bits per heavy atom. The molecule has 0 aromatic carbocycles. The van der Waals surface area contributed by atoms with Crippen LogP contribution in [0, 0.1) is 17.8 Å². The summed E-state index contributed by atoms with van der Waals surface area (Å²) in [6, 6.07) is -0.329. The molecule has 0 aromatic heterocycles. The lowest BCUT2D eigenvalue weighted by Gasteiger charge is -2.43. The second-order valence-electron chi connectivity index (χ2n) is 7.54. The average Bonchev–Trinajstić information content (AvgIpc) is 3.20. The van der Waals surface area contributed by atoms with Crippen LogP contribution in [0.15, 0.2) is 0 Å². The molecule has 21 heavy (non-hydrogen) atoms. The van der Waals surface area contributed by atoms with Crippen molar-refractivity contribution in [3.05, 3.63) is 0 Å². The summed E-state index contributed by atoms with van der Waals surface area (Å²) in [7, 11) is 0. The van der Waals surface area contributed by atoms with Crippen LogP contribution in [0.3, 0.4) is 0 Å². The molecule has 0 aromatic rings. The highest BCUT2D eigenvalue weighted by molar-refractivity contribution is 5.97. The Hall–Kier alpha value is -1.06. The van der Waals surface area contributed by atoms with E-state index < -0.39 is 0 Å². The standard InChI is InChI=1S/C17H26N2O2/c1-2-14-16(20)18-7-3-4-15(18)17(21)19(14)10-13-9-11-5-6-12(13)8-11/h11-15H,2-10H2,1H3. The highest BCUT2D eigenvalue weighted by atomic mass is 16.2. The lowest BCUT2D eigenvalue weighted by atomic mass is 9.87. The summed E-state index contributed by atoms with van der Waals surface area (Å²) in [5.74, 6) is 2.82. The Kier molecular flexibility index (Phi) is 3.23. The lowest BCUT2D eigenvalue weighted by molar-refractivity contribution is -0.160. The molecule has 2 amide bonds. The topological polar surface area (TPSA) is 40.6 Å². The molecule has 2 aliphatic carbocycles. The van der Waals surface area contributed by atoms with Crippen molar-refractivity contribution in [3.8, 4) is 0 Å². The molecule has 4 rings (SSSR count). The first-order valence-electron chi connectivity index (χ1n) is 8.80. The van der Waals surface area contributed by atoms with E-state index in [0.29, 0.717) is 5.92 Å². The maximum absolute atomic E-state index is 12.8. The average molecular weight is 290 g/mol. The number of hydrogen-bond donors (Lipinski definition) is 0. The SMILES string of the molecule is CCC1C(=O)N2CCCC2C(=O)N1CC1CC2CCC1C2. The minimum Gasteiger partial charge on any atom is -0.329 e. The third-order valence-electron chi connectivity index (χ3n) is 6.47. The van der Waals surface area contributed by atoms with Crippen LogP contribution >= 0.6 is 0 Å². The van der Waals surface area contributed by atoms with Crippen molar-refractivity contribution in [3.63, 3.8) is 0 Å². The first kappa shape index (κ1) is 13.6. The fraction of sp³-hybridized carbons (Fsp3) is 0.882. The summed E-state index contributed by atoms with van der Waals surface area (Å²) in [6.45, 7) is 3.67. The molecule has 2 aliphatic heterocycles. The normalized spacial score (nSPS) is 42.0. The molecule has 116 valence electrons. The molecule has 2 saturated carbocycles. The van der Waals surface area contributed by atoms with Gasteiger partial charge in [0.1, 0.15) is 12.1 Å². The van der Waals surface area contributed by atoms with Gasteiger partial charge in [0.2, 0.25) is 11.8 Å². The van der Waals surface area contributed by atoms with Gasteiger partial charge in [0.05, 0.1) is 0 Å². The highest BCUT2D eigenvalue weighted by Gasteiger charge is 2.49. The van der Waals surface area contributed by atoms with Gasteiger partial charge in [0, 0.05) is 13.1 Å². The minimum absolute atomic E-state index is 0.140. The van der Waals surface area contributed by atoms with Gasteiger partial charge in [-0.2, -0.15) is 0 Å². The second-order valence-corrected chi connectivity index (χ2v) is 7.54. The van der Waals surface area contributed by atoms with Gasteiger partial charge < -0.3 is 9.80 Å². The maximum Gasteiger partial charge on any atom is 0.246 e. The van der Waals surface area contributed by atoms with Crippen molar-refractivity contribution >= 4 is 11.8 Å². The van der Waals surface area contributed by atoms with E-state index in [-0.39, 0.29) is 23.9 Å². The monoisotopic (exact) mass is 290 g/mol. The van der Waals surface area contributed by atoms with Gasteiger partial charge in [0.15, 0.2) is 0 Å². The van der Waals surface area contributed by atoms with Gasteiger partial charge in [-0.15, -0.1) is 0 Å². The second kappa shape index (κ2) is 4.99. The number of rotatable bonds is 3. The van der Waals surface area contributed by atoms with Crippen molar-refractivity contribution in [1.29, 1.82) is 0 Å². The quantitative estimate of drug-likeness (QED) is 0.798. The Morgan fingerprint density at radius 2 is 1.95 bits per heavy atom. The van der Waals surface area contributed by atoms with Gasteiger partial charge in [-0.25, -0.2) is 0 Å². The fourth-order valence-corrected chi connectivity index (χ4v) is 5.42. The maximum atomic E-state index is 12.8. The molecule has 4 fully saturated rings. The van der Waals surface area contributed by atoms with E-state index in [4.69, 9.17) is 0 Å². The van der Waals surface area contributed by atoms with Crippen LogP contribution in [0.2, 0.25) is 0 Å². The third-order valence-corrected chi connectivity index (χ3v) is 6.47. The van der Waals surface area contributed by atoms with E-state index in [2.05, 4.69) is 0 Å². The summed E-state index contributed by atoms with van der Waals surface area (Å²) >= 11 is 0. The van der Waals surface area contributed by atoms with E-state index in [1.54, 1.807) is 0 Å². The molecule has 2 heterocycles. The fourth-order valence-electron chi connectivity index (χ4n) is 5.42. The van der Waals surface area contributed by atoms with Gasteiger partial charge >= 0.3 is 0 Å². The van der Waals surface area contributed by atoms with Crippen molar-refractivity contribution in [2.75, 3.05) is 13.1 Å². The van der Waals surface area contributed by atoms with Crippen molar-refractivity contribution < 1.29 is 9.59 Å². The van der Waals surface area contributed by atoms with E-state index >= 15 is 0 Å². The Morgan fingerprint density at radius 1 is 1.10 bits per heavy atom. The predicted molar refractivity (Wildman–Crippen MR) is 79.5 cm³/mol. The lowest BCUT2D eigenvalue weighted by Crippen LogP contribution is -2.63. The number of fused-ring (bicyclic) bond motifs is 3. The minimum atomic E-state index is -0.189. The van der Waals surface area contributed by atoms with Crippen molar-refractivity contribution in [1.82, 2.24) is 9.80 Å². The summed E-state index contributed by atoms with van der Waals surface area (Å²) in [5.41, 5.74) is 0. The third kappa shape index (κ3) is 2.01. The van der Waals surface area contributed by atoms with Crippen LogP contribution in [0.25, 0.3) is 0 Å². The highest BCUT2D eigenvalue weighted by Crippen LogP contribution is 2.49. The predicted octanol–water partition coefficient (Wildman–Crippen LogP) is 2.03. The van der Waals surface area contributed by atoms with Crippen LogP contribution < -0.4 is 0 Å². The molecule has 0 radical (unpaired) electrons. The summed E-state index contributed by atoms with van der Waals surface area (Å²) < 4.78 is 0. The zero-order valence-electron chi connectivity index (χ0n) is 13.0. The first-order valence-corrected chi connectivity index (χ1v) is 8.80. The number of carbonyl (C=O) groups is 2. The van der Waals surface area contributed by atoms with E-state index in [0.717, 1.165) is 44.2 Å². The number of amides is 2. The zero-order valence-corrected chi connectivity index (χ0v) is 13.0. The van der Waals surface area contributed by atoms with Crippen LogP contribution in [-0.4, -0.2) is 46.8 Å². The van der Waals surface area contributed by atoms with Crippen molar-refractivity contribution in [2.24, 2.45) is 17.8 Å². The zero-order chi connectivity index (χ0) is 14.6. The van der Waals surface area contributed by atoms with Crippen LogP contribution in [0.4, 0.5) is 0 Å². The van der Waals surface area contributed by atoms with Gasteiger partial charge in [0.25, 0.3) is 0 Å². The summed E-state index contributed by atoms with van der Waals surface area (Å²) in [6.07, 6.45) is 8.00. The van der Waals surface area contributed by atoms with E-state index in [9.17, 15) is 9.59 Å². The summed E-state index contributed by atoms with van der Waals surface area (Å²) in [4.78, 5) is 29.3. The van der Waals surface area contributed by atoms with Crippen molar-refractivity contribution in [2.45, 2.75) is 64.0 Å². The molecule has 5 unspecified atom stereocenters. The molecule has 0 spiro atoms. The molecular weight excluding hydrogens is 264 g/mol. The van der Waals surface area contributed by atoms with Gasteiger partial charge in [-0.05, 0) is 56.3 Å². The summed E-state index contributed by atoms with van der Waals surface area (Å²) in [5, 5.41) is 0. The van der Waals surface area contributed by atoms with Crippen LogP contribution in [0.1, 0.15) is 51.9 Å². The smallest absolute Gasteiger partial charge is 0.246 e.